The summed E-state index contributed by atoms with van der Waals surface area (Å²) in [6.45, 7) is 6.60. The summed E-state index contributed by atoms with van der Waals surface area (Å²) < 4.78 is 9.45. The van der Waals surface area contributed by atoms with Crippen LogP contribution in [0.5, 0.6) is 0 Å². The smallest absolute Gasteiger partial charge is 0.410 e. The zero-order chi connectivity index (χ0) is 15.5. The fourth-order valence-electron chi connectivity index (χ4n) is 2.08. The van der Waals surface area contributed by atoms with Gasteiger partial charge in [0.2, 0.25) is 6.19 Å². The lowest BCUT2D eigenvalue weighted by Crippen LogP contribution is -2.37. The Morgan fingerprint density at radius 3 is 2.81 bits per heavy atom. The van der Waals surface area contributed by atoms with Crippen molar-refractivity contribution in [3.8, 4) is 6.19 Å². The molecule has 1 aromatic rings. The van der Waals surface area contributed by atoms with Crippen molar-refractivity contribution in [3.05, 3.63) is 29.8 Å². The van der Waals surface area contributed by atoms with Gasteiger partial charge >= 0.3 is 6.09 Å². The first-order valence-corrected chi connectivity index (χ1v) is 8.12. The Kier molecular flexibility index (Phi) is 4.63. The number of carbonyl (C=O) groups is 1. The predicted molar refractivity (Wildman–Crippen MR) is 81.6 cm³/mol. The molecule has 1 aliphatic heterocycles. The van der Waals surface area contributed by atoms with Gasteiger partial charge in [-0.2, -0.15) is 5.26 Å². The number of fused-ring (bicyclic) bond motifs is 1. The predicted octanol–water partition coefficient (Wildman–Crippen LogP) is 3.08. The number of rotatable bonds is 0. The molecule has 1 aliphatic rings. The Balaban J connectivity index is 2.28. The van der Waals surface area contributed by atoms with Crippen molar-refractivity contribution in [3.63, 3.8) is 0 Å². The second-order valence-electron chi connectivity index (χ2n) is 5.77. The minimum absolute atomic E-state index is 0.320. The number of hydrogen-bond donors (Lipinski definition) is 0. The topological polar surface area (TPSA) is 65.7 Å². The summed E-state index contributed by atoms with van der Waals surface area (Å²) in [4.78, 5) is 15.0. The molecule has 0 fully saturated rings. The van der Waals surface area contributed by atoms with E-state index in [0.717, 1.165) is 10.5 Å². The van der Waals surface area contributed by atoms with E-state index in [-0.39, 0.29) is 6.09 Å². The van der Waals surface area contributed by atoms with E-state index in [0.29, 0.717) is 18.8 Å². The maximum absolute atomic E-state index is 12.3. The summed E-state index contributed by atoms with van der Waals surface area (Å²) in [5.41, 5.74) is 0.518. The van der Waals surface area contributed by atoms with Gasteiger partial charge in [0.25, 0.3) is 0 Å². The van der Waals surface area contributed by atoms with Crippen molar-refractivity contribution in [2.75, 3.05) is 12.3 Å². The van der Waals surface area contributed by atoms with Crippen molar-refractivity contribution in [1.29, 1.82) is 5.26 Å². The highest BCUT2D eigenvalue weighted by Gasteiger charge is 2.25. The van der Waals surface area contributed by atoms with Crippen LogP contribution in [0.4, 0.5) is 4.79 Å². The minimum atomic E-state index is -0.512. The molecule has 1 atom stereocenters. The van der Waals surface area contributed by atoms with Crippen LogP contribution in [0.25, 0.3) is 0 Å². The zero-order valence-corrected chi connectivity index (χ0v) is 13.3. The molecule has 0 saturated carbocycles. The summed E-state index contributed by atoms with van der Waals surface area (Å²) in [6.07, 6.45) is 1.57. The van der Waals surface area contributed by atoms with Crippen LogP contribution in [0.1, 0.15) is 26.3 Å². The van der Waals surface area contributed by atoms with Gasteiger partial charge in [-0.1, -0.05) is 18.2 Å². The van der Waals surface area contributed by atoms with Gasteiger partial charge < -0.3 is 9.64 Å². The molecule has 1 unspecified atom stereocenters. The minimum Gasteiger partial charge on any atom is -0.444 e. The molecular weight excluding hydrogens is 286 g/mol. The van der Waals surface area contributed by atoms with Crippen molar-refractivity contribution in [1.82, 2.24) is 4.90 Å². The molecule has 1 heterocycles. The summed E-state index contributed by atoms with van der Waals surface area (Å²) in [6, 6.07) is 7.84. The summed E-state index contributed by atoms with van der Waals surface area (Å²) in [5.74, 6) is 0.657. The summed E-state index contributed by atoms with van der Waals surface area (Å²) in [5, 5.41) is 8.85. The van der Waals surface area contributed by atoms with Crippen LogP contribution in [-0.4, -0.2) is 28.9 Å². The normalized spacial score (nSPS) is 18.6. The van der Waals surface area contributed by atoms with Gasteiger partial charge in [-0.3, -0.25) is 0 Å². The van der Waals surface area contributed by atoms with Gasteiger partial charge in [-0.05, 0) is 43.1 Å². The molecule has 0 saturated heterocycles. The lowest BCUT2D eigenvalue weighted by molar-refractivity contribution is 0.0247. The van der Waals surface area contributed by atoms with Crippen LogP contribution < -0.4 is 0 Å². The highest BCUT2D eigenvalue weighted by atomic mass is 32.2. The Labute approximate surface area is 127 Å². The van der Waals surface area contributed by atoms with E-state index < -0.39 is 16.3 Å². The Morgan fingerprint density at radius 1 is 1.43 bits per heavy atom. The summed E-state index contributed by atoms with van der Waals surface area (Å²) >= 11 is 0. The van der Waals surface area contributed by atoms with Gasteiger partial charge in [-0.25, -0.2) is 4.79 Å². The van der Waals surface area contributed by atoms with E-state index in [4.69, 9.17) is 10.00 Å². The van der Waals surface area contributed by atoms with Crippen LogP contribution in [0.3, 0.4) is 0 Å². The molecule has 6 heteroatoms. The number of carbonyl (C=O) groups excluding carboxylic acids is 1. The van der Waals surface area contributed by atoms with E-state index in [9.17, 15) is 4.79 Å². The molecule has 1 amide bonds. The summed E-state index contributed by atoms with van der Waals surface area (Å²) in [7, 11) is -0.483. The maximum atomic E-state index is 12.3. The highest BCUT2D eigenvalue weighted by Crippen LogP contribution is 2.22. The Morgan fingerprint density at radius 2 is 2.14 bits per heavy atom. The Hall–Kier alpha value is -1.87. The molecule has 0 bridgehead atoms. The molecular formula is C15H19N3O2S. The lowest BCUT2D eigenvalue weighted by atomic mass is 10.2. The van der Waals surface area contributed by atoms with Crippen LogP contribution in [0, 0.1) is 11.5 Å². The number of amides is 1. The van der Waals surface area contributed by atoms with Crippen LogP contribution in [0.15, 0.2) is 33.5 Å². The first kappa shape index (κ1) is 15.5. The monoisotopic (exact) mass is 305 g/mol. The molecule has 2 rings (SSSR count). The maximum Gasteiger partial charge on any atom is 0.410 e. The molecule has 5 nitrogen and oxygen atoms in total. The van der Waals surface area contributed by atoms with Crippen molar-refractivity contribution in [2.45, 2.75) is 37.8 Å². The molecule has 21 heavy (non-hydrogen) atoms. The van der Waals surface area contributed by atoms with E-state index in [1.165, 1.54) is 0 Å². The molecule has 0 spiro atoms. The second-order valence-corrected chi connectivity index (χ2v) is 7.53. The lowest BCUT2D eigenvalue weighted by Gasteiger charge is -2.26. The van der Waals surface area contributed by atoms with Gasteiger partial charge in [0.1, 0.15) is 5.60 Å². The molecule has 0 aliphatic carbocycles. The SMILES string of the molecule is CC(C)(C)OC(=O)N1CCS(=NC#N)c2ccccc2C1. The molecule has 0 radical (unpaired) electrons. The molecule has 0 aromatic heterocycles. The van der Waals surface area contributed by atoms with E-state index >= 15 is 0 Å². The van der Waals surface area contributed by atoms with Crippen molar-refractivity contribution in [2.24, 2.45) is 4.36 Å². The van der Waals surface area contributed by atoms with Crippen LogP contribution in [-0.2, 0) is 22.0 Å². The number of nitriles is 1. The largest absolute Gasteiger partial charge is 0.444 e. The second kappa shape index (κ2) is 6.27. The number of benzene rings is 1. The first-order valence-electron chi connectivity index (χ1n) is 6.77. The van der Waals surface area contributed by atoms with Gasteiger partial charge in [-0.15, -0.1) is 4.36 Å². The standard InChI is InChI=1S/C15H19N3O2S/c1-15(2,3)20-14(19)18-8-9-21(17-11-16)13-7-5-4-6-12(13)10-18/h4-7H,8-10H2,1-3H3. The third-order valence-corrected chi connectivity index (χ3v) is 4.72. The van der Waals surface area contributed by atoms with Gasteiger partial charge in [0, 0.05) is 17.2 Å². The third-order valence-electron chi connectivity index (χ3n) is 2.94. The average Bonchev–Trinajstić information content (AvgIpc) is 2.58. The van der Waals surface area contributed by atoms with Crippen molar-refractivity contribution >= 4 is 16.8 Å². The fourth-order valence-corrected chi connectivity index (χ4v) is 3.65. The van der Waals surface area contributed by atoms with Crippen LogP contribution in [0.2, 0.25) is 0 Å². The van der Waals surface area contributed by atoms with Gasteiger partial charge in [0.15, 0.2) is 0 Å². The number of ether oxygens (including phenoxy) is 1. The molecule has 1 aromatic carbocycles. The third kappa shape index (κ3) is 4.05. The van der Waals surface area contributed by atoms with E-state index in [1.807, 2.05) is 51.2 Å². The number of hydrogen-bond acceptors (Lipinski definition) is 4. The average molecular weight is 305 g/mol. The van der Waals surface area contributed by atoms with Crippen molar-refractivity contribution < 1.29 is 9.53 Å². The van der Waals surface area contributed by atoms with E-state index in [2.05, 4.69) is 4.36 Å². The number of nitrogens with zero attached hydrogens (tertiary/aromatic N) is 3. The first-order chi connectivity index (χ1) is 9.90. The highest BCUT2D eigenvalue weighted by molar-refractivity contribution is 7.87. The molecule has 0 N–H and O–H groups in total. The Bertz CT molecular complexity index is 614. The fraction of sp³-hybridized carbons (Fsp3) is 0.467. The molecule has 112 valence electrons. The zero-order valence-electron chi connectivity index (χ0n) is 12.5. The van der Waals surface area contributed by atoms with Gasteiger partial charge in [0.05, 0.1) is 6.54 Å². The van der Waals surface area contributed by atoms with E-state index in [1.54, 1.807) is 4.90 Å². The van der Waals surface area contributed by atoms with Crippen LogP contribution >= 0.6 is 0 Å². The quantitative estimate of drug-likeness (QED) is 0.692.